The van der Waals surface area contributed by atoms with Gasteiger partial charge in [0.25, 0.3) is 0 Å². The molecule has 0 aliphatic rings. The van der Waals surface area contributed by atoms with E-state index in [0.29, 0.717) is 23.3 Å². The zero-order valence-electron chi connectivity index (χ0n) is 10.4. The highest BCUT2D eigenvalue weighted by molar-refractivity contribution is 7.99. The number of aliphatic hydroxyl groups excluding tert-OH is 1. The molecule has 96 valence electrons. The number of nitrogen functional groups attached to an aromatic ring is 1. The molecule has 0 spiro atoms. The monoisotopic (exact) mass is 257 g/mol. The number of nitrogens with zero attached hydrogens (tertiary/aromatic N) is 2. The van der Waals surface area contributed by atoms with Gasteiger partial charge in [0.2, 0.25) is 0 Å². The van der Waals surface area contributed by atoms with Crippen molar-refractivity contribution in [1.82, 2.24) is 9.97 Å². The molecule has 0 fully saturated rings. The molecular formula is C11H19N3O2S. The van der Waals surface area contributed by atoms with E-state index in [-0.39, 0.29) is 6.10 Å². The van der Waals surface area contributed by atoms with E-state index >= 15 is 0 Å². The molecule has 1 unspecified atom stereocenters. The molecule has 0 amide bonds. The van der Waals surface area contributed by atoms with E-state index in [1.54, 1.807) is 6.07 Å². The molecule has 0 aromatic carbocycles. The van der Waals surface area contributed by atoms with Crippen LogP contribution in [0.3, 0.4) is 0 Å². The maximum absolute atomic E-state index is 9.67. The van der Waals surface area contributed by atoms with E-state index in [4.69, 9.17) is 10.5 Å². The van der Waals surface area contributed by atoms with Gasteiger partial charge in [0.1, 0.15) is 5.82 Å². The minimum Gasteiger partial charge on any atom is -0.390 e. The van der Waals surface area contributed by atoms with Crippen molar-refractivity contribution in [2.24, 2.45) is 0 Å². The SMILES string of the molecule is Cc1cc(N)nc(SCC(O)COC(C)C)n1. The Labute approximate surface area is 106 Å². The molecule has 1 rings (SSSR count). The fraction of sp³-hybridized carbons (Fsp3) is 0.636. The minimum atomic E-state index is -0.521. The summed E-state index contributed by atoms with van der Waals surface area (Å²) in [6, 6.07) is 1.71. The first-order valence-corrected chi connectivity index (χ1v) is 6.49. The lowest BCUT2D eigenvalue weighted by molar-refractivity contribution is 0.0152. The molecule has 1 aromatic heterocycles. The number of ether oxygens (including phenoxy) is 1. The van der Waals surface area contributed by atoms with Gasteiger partial charge in [-0.2, -0.15) is 0 Å². The number of hydrogen-bond acceptors (Lipinski definition) is 6. The summed E-state index contributed by atoms with van der Waals surface area (Å²) in [5.41, 5.74) is 6.44. The summed E-state index contributed by atoms with van der Waals surface area (Å²) >= 11 is 1.38. The molecule has 0 aliphatic carbocycles. The van der Waals surface area contributed by atoms with Crippen molar-refractivity contribution in [2.75, 3.05) is 18.1 Å². The molecule has 0 radical (unpaired) electrons. The van der Waals surface area contributed by atoms with Crippen molar-refractivity contribution in [2.45, 2.75) is 38.1 Å². The van der Waals surface area contributed by atoms with Gasteiger partial charge in [-0.25, -0.2) is 9.97 Å². The first kappa shape index (κ1) is 14.2. The Kier molecular flexibility index (Phi) is 5.67. The van der Waals surface area contributed by atoms with E-state index in [1.165, 1.54) is 11.8 Å². The van der Waals surface area contributed by atoms with Gasteiger partial charge in [0.15, 0.2) is 5.16 Å². The molecule has 1 heterocycles. The van der Waals surface area contributed by atoms with Gasteiger partial charge in [-0.05, 0) is 20.8 Å². The third-order valence-electron chi connectivity index (χ3n) is 1.88. The van der Waals surface area contributed by atoms with Gasteiger partial charge >= 0.3 is 0 Å². The zero-order chi connectivity index (χ0) is 12.8. The van der Waals surface area contributed by atoms with E-state index in [9.17, 15) is 5.11 Å². The standard InChI is InChI=1S/C11H19N3O2S/c1-7(2)16-5-9(15)6-17-11-13-8(3)4-10(12)14-11/h4,7,9,15H,5-6H2,1-3H3,(H2,12,13,14). The highest BCUT2D eigenvalue weighted by Crippen LogP contribution is 2.16. The van der Waals surface area contributed by atoms with Crippen LogP contribution in [0.25, 0.3) is 0 Å². The van der Waals surface area contributed by atoms with Gasteiger partial charge < -0.3 is 15.6 Å². The Morgan fingerprint density at radius 3 is 2.76 bits per heavy atom. The number of thioether (sulfide) groups is 1. The number of nitrogens with two attached hydrogens (primary N) is 1. The second-order valence-electron chi connectivity index (χ2n) is 4.06. The minimum absolute atomic E-state index is 0.125. The summed E-state index contributed by atoms with van der Waals surface area (Å²) < 4.78 is 5.31. The van der Waals surface area contributed by atoms with Crippen LogP contribution in [0.2, 0.25) is 0 Å². The van der Waals surface area contributed by atoms with E-state index in [0.717, 1.165) is 5.69 Å². The Hall–Kier alpha value is -0.850. The van der Waals surface area contributed by atoms with Crippen LogP contribution in [0, 0.1) is 6.92 Å². The van der Waals surface area contributed by atoms with Gasteiger partial charge in [0.05, 0.1) is 18.8 Å². The van der Waals surface area contributed by atoms with Gasteiger partial charge in [-0.3, -0.25) is 0 Å². The summed E-state index contributed by atoms with van der Waals surface area (Å²) in [4.78, 5) is 8.30. The topological polar surface area (TPSA) is 81.3 Å². The summed E-state index contributed by atoms with van der Waals surface area (Å²) in [5.74, 6) is 0.947. The van der Waals surface area contributed by atoms with E-state index in [2.05, 4.69) is 9.97 Å². The molecular weight excluding hydrogens is 238 g/mol. The molecule has 0 saturated heterocycles. The molecule has 1 aromatic rings. The number of aryl methyl sites for hydroxylation is 1. The van der Waals surface area contributed by atoms with Crippen LogP contribution in [0.4, 0.5) is 5.82 Å². The number of aromatic nitrogens is 2. The van der Waals surface area contributed by atoms with Crippen LogP contribution in [0.1, 0.15) is 19.5 Å². The number of rotatable bonds is 6. The molecule has 0 bridgehead atoms. The zero-order valence-corrected chi connectivity index (χ0v) is 11.2. The van der Waals surface area contributed by atoms with Crippen LogP contribution in [-0.4, -0.2) is 39.6 Å². The predicted molar refractivity (Wildman–Crippen MR) is 69.0 cm³/mol. The highest BCUT2D eigenvalue weighted by atomic mass is 32.2. The summed E-state index contributed by atoms with van der Waals surface area (Å²) in [7, 11) is 0. The normalized spacial score (nSPS) is 13.0. The van der Waals surface area contributed by atoms with Crippen LogP contribution < -0.4 is 5.73 Å². The first-order chi connectivity index (χ1) is 7.97. The summed E-state index contributed by atoms with van der Waals surface area (Å²) in [6.45, 7) is 6.06. The molecule has 6 heteroatoms. The number of anilines is 1. The fourth-order valence-corrected chi connectivity index (χ4v) is 1.97. The predicted octanol–water partition coefficient (Wildman–Crippen LogP) is 1.25. The molecule has 1 atom stereocenters. The average molecular weight is 257 g/mol. The second kappa shape index (κ2) is 6.78. The highest BCUT2D eigenvalue weighted by Gasteiger charge is 2.08. The number of hydrogen-bond donors (Lipinski definition) is 2. The maximum Gasteiger partial charge on any atom is 0.189 e. The quantitative estimate of drug-likeness (QED) is 0.589. The average Bonchev–Trinajstić information content (AvgIpc) is 2.22. The second-order valence-corrected chi connectivity index (χ2v) is 5.05. The van der Waals surface area contributed by atoms with E-state index < -0.39 is 6.10 Å². The maximum atomic E-state index is 9.67. The van der Waals surface area contributed by atoms with Crippen molar-refractivity contribution in [3.8, 4) is 0 Å². The number of aliphatic hydroxyl groups is 1. The van der Waals surface area contributed by atoms with Crippen LogP contribution in [0.5, 0.6) is 0 Å². The third kappa shape index (κ3) is 5.86. The van der Waals surface area contributed by atoms with Gasteiger partial charge in [0, 0.05) is 17.5 Å². The van der Waals surface area contributed by atoms with Crippen molar-refractivity contribution < 1.29 is 9.84 Å². The Balaban J connectivity index is 2.39. The van der Waals surface area contributed by atoms with Crippen molar-refractivity contribution >= 4 is 17.6 Å². The van der Waals surface area contributed by atoms with Crippen molar-refractivity contribution in [1.29, 1.82) is 0 Å². The van der Waals surface area contributed by atoms with E-state index in [1.807, 2.05) is 20.8 Å². The molecule has 17 heavy (non-hydrogen) atoms. The van der Waals surface area contributed by atoms with Crippen molar-refractivity contribution in [3.63, 3.8) is 0 Å². The Morgan fingerprint density at radius 2 is 2.18 bits per heavy atom. The van der Waals surface area contributed by atoms with Crippen LogP contribution in [-0.2, 0) is 4.74 Å². The van der Waals surface area contributed by atoms with Crippen LogP contribution in [0.15, 0.2) is 11.2 Å². The van der Waals surface area contributed by atoms with Crippen molar-refractivity contribution in [3.05, 3.63) is 11.8 Å². The van der Waals surface area contributed by atoms with Gasteiger partial charge in [-0.1, -0.05) is 11.8 Å². The lowest BCUT2D eigenvalue weighted by atomic mass is 10.4. The Bertz CT molecular complexity index is 340. The Morgan fingerprint density at radius 1 is 1.47 bits per heavy atom. The fourth-order valence-electron chi connectivity index (χ4n) is 1.15. The molecule has 3 N–H and O–H groups in total. The lowest BCUT2D eigenvalue weighted by Crippen LogP contribution is -2.20. The third-order valence-corrected chi connectivity index (χ3v) is 2.87. The van der Waals surface area contributed by atoms with Crippen LogP contribution >= 0.6 is 11.8 Å². The summed E-state index contributed by atoms with van der Waals surface area (Å²) in [6.07, 6.45) is -0.395. The first-order valence-electron chi connectivity index (χ1n) is 5.51. The molecule has 0 aliphatic heterocycles. The molecule has 5 nitrogen and oxygen atoms in total. The smallest absolute Gasteiger partial charge is 0.189 e. The summed E-state index contributed by atoms with van der Waals surface area (Å²) in [5, 5.41) is 10.3. The van der Waals surface area contributed by atoms with Gasteiger partial charge in [-0.15, -0.1) is 0 Å². The lowest BCUT2D eigenvalue weighted by Gasteiger charge is -2.12. The molecule has 0 saturated carbocycles. The largest absolute Gasteiger partial charge is 0.390 e.